The number of hydrogen-bond donors (Lipinski definition) is 1. The van der Waals surface area contributed by atoms with E-state index in [-0.39, 0.29) is 0 Å². The van der Waals surface area contributed by atoms with E-state index in [2.05, 4.69) is 28.2 Å². The molecule has 1 N–H and O–H groups in total. The summed E-state index contributed by atoms with van der Waals surface area (Å²) in [6.07, 6.45) is 1.13. The monoisotopic (exact) mass is 317 g/mol. The van der Waals surface area contributed by atoms with Crippen molar-refractivity contribution in [3.63, 3.8) is 0 Å². The fourth-order valence-corrected chi connectivity index (χ4v) is 2.80. The highest BCUT2D eigenvalue weighted by Crippen LogP contribution is 2.31. The van der Waals surface area contributed by atoms with Gasteiger partial charge in [0.25, 0.3) is 0 Å². The predicted octanol–water partition coefficient (Wildman–Crippen LogP) is 4.25. The van der Waals surface area contributed by atoms with Gasteiger partial charge in [0.2, 0.25) is 0 Å². The van der Waals surface area contributed by atoms with Gasteiger partial charge >= 0.3 is 0 Å². The van der Waals surface area contributed by atoms with E-state index in [1.54, 1.807) is 0 Å². The molecule has 2 rings (SSSR count). The Morgan fingerprint density at radius 2 is 2.29 bits per heavy atom. The van der Waals surface area contributed by atoms with Crippen LogP contribution in [-0.4, -0.2) is 19.3 Å². The van der Waals surface area contributed by atoms with Gasteiger partial charge in [0, 0.05) is 28.1 Å². The summed E-state index contributed by atoms with van der Waals surface area (Å²) in [4.78, 5) is 0. The number of ether oxygens (including phenoxy) is 1. The molecular weight excluding hydrogens is 302 g/mol. The van der Waals surface area contributed by atoms with E-state index in [0.29, 0.717) is 12.0 Å². The van der Waals surface area contributed by atoms with E-state index in [4.69, 9.17) is 16.3 Å². The lowest BCUT2D eigenvalue weighted by molar-refractivity contribution is 0.183. The van der Waals surface area contributed by atoms with E-state index in [0.717, 1.165) is 40.4 Å². The van der Waals surface area contributed by atoms with E-state index in [9.17, 15) is 0 Å². The molecule has 0 bridgehead atoms. The van der Waals surface area contributed by atoms with Crippen LogP contribution in [0, 0.1) is 12.8 Å². The lowest BCUT2D eigenvalue weighted by Gasteiger charge is -2.21. The van der Waals surface area contributed by atoms with Crippen molar-refractivity contribution in [1.82, 2.24) is 0 Å². The molecule has 1 saturated heterocycles. The van der Waals surface area contributed by atoms with Crippen molar-refractivity contribution in [3.8, 4) is 0 Å². The van der Waals surface area contributed by atoms with Crippen LogP contribution in [0.15, 0.2) is 16.6 Å². The number of nitrogens with one attached hydrogen (secondary N) is 1. The van der Waals surface area contributed by atoms with E-state index < -0.39 is 0 Å². The van der Waals surface area contributed by atoms with E-state index >= 15 is 0 Å². The minimum Gasteiger partial charge on any atom is -0.381 e. The van der Waals surface area contributed by atoms with Crippen LogP contribution in [0.1, 0.15) is 18.9 Å². The number of rotatable bonds is 3. The Bertz CT molecular complexity index is 405. The van der Waals surface area contributed by atoms with Gasteiger partial charge in [-0.15, -0.1) is 0 Å². The third kappa shape index (κ3) is 3.15. The maximum absolute atomic E-state index is 6.14. The molecule has 0 amide bonds. The van der Waals surface area contributed by atoms with Gasteiger partial charge in [-0.05, 0) is 53.9 Å². The maximum atomic E-state index is 6.14. The van der Waals surface area contributed by atoms with Gasteiger partial charge in [-0.25, -0.2) is 0 Å². The summed E-state index contributed by atoms with van der Waals surface area (Å²) in [6, 6.07) is 4.42. The third-order valence-corrected chi connectivity index (χ3v) is 4.37. The molecule has 0 radical (unpaired) electrons. The SMILES string of the molecule is Cc1cc(Br)c(NC(C)C2CCOC2)cc1Cl. The Kier molecular flexibility index (Phi) is 4.34. The Morgan fingerprint density at radius 1 is 1.53 bits per heavy atom. The van der Waals surface area contributed by atoms with Gasteiger partial charge in [-0.2, -0.15) is 0 Å². The molecule has 1 heterocycles. The van der Waals surface area contributed by atoms with Crippen LogP contribution < -0.4 is 5.32 Å². The normalized spacial score (nSPS) is 21.5. The molecule has 2 unspecified atom stereocenters. The number of halogens is 2. The highest BCUT2D eigenvalue weighted by atomic mass is 79.9. The van der Waals surface area contributed by atoms with Crippen molar-refractivity contribution >= 4 is 33.2 Å². The highest BCUT2D eigenvalue weighted by Gasteiger charge is 2.22. The van der Waals surface area contributed by atoms with Gasteiger partial charge in [0.05, 0.1) is 12.3 Å². The summed E-state index contributed by atoms with van der Waals surface area (Å²) in [7, 11) is 0. The van der Waals surface area contributed by atoms with Crippen molar-refractivity contribution in [1.29, 1.82) is 0 Å². The molecule has 17 heavy (non-hydrogen) atoms. The standard InChI is InChI=1S/C13H17BrClNO/c1-8-5-11(14)13(6-12(8)15)16-9(2)10-3-4-17-7-10/h5-6,9-10,16H,3-4,7H2,1-2H3. The molecule has 4 heteroatoms. The largest absolute Gasteiger partial charge is 0.381 e. The number of hydrogen-bond acceptors (Lipinski definition) is 2. The Hall–Kier alpha value is -0.250. The molecule has 1 aliphatic heterocycles. The second-order valence-electron chi connectivity index (χ2n) is 4.64. The fourth-order valence-electron chi connectivity index (χ4n) is 2.07. The topological polar surface area (TPSA) is 21.3 Å². The molecule has 1 aromatic rings. The Balaban J connectivity index is 2.09. The van der Waals surface area contributed by atoms with Crippen LogP contribution in [0.4, 0.5) is 5.69 Å². The fraction of sp³-hybridized carbons (Fsp3) is 0.538. The van der Waals surface area contributed by atoms with Gasteiger partial charge in [0.1, 0.15) is 0 Å². The molecule has 0 spiro atoms. The van der Waals surface area contributed by atoms with Crippen LogP contribution in [0.2, 0.25) is 5.02 Å². The van der Waals surface area contributed by atoms with Crippen molar-refractivity contribution in [3.05, 3.63) is 27.2 Å². The number of anilines is 1. The van der Waals surface area contributed by atoms with Crippen molar-refractivity contribution < 1.29 is 4.74 Å². The smallest absolute Gasteiger partial charge is 0.0514 e. The molecule has 1 fully saturated rings. The van der Waals surface area contributed by atoms with Crippen molar-refractivity contribution in [2.45, 2.75) is 26.3 Å². The predicted molar refractivity (Wildman–Crippen MR) is 75.9 cm³/mol. The zero-order chi connectivity index (χ0) is 12.4. The molecule has 0 saturated carbocycles. The Morgan fingerprint density at radius 3 is 2.94 bits per heavy atom. The molecule has 2 atom stereocenters. The molecular formula is C13H17BrClNO. The maximum Gasteiger partial charge on any atom is 0.0514 e. The van der Waals surface area contributed by atoms with E-state index in [1.807, 2.05) is 19.1 Å². The van der Waals surface area contributed by atoms with Crippen molar-refractivity contribution in [2.75, 3.05) is 18.5 Å². The summed E-state index contributed by atoms with van der Waals surface area (Å²) in [5, 5.41) is 4.31. The quantitative estimate of drug-likeness (QED) is 0.899. The molecule has 1 aromatic carbocycles. The molecule has 0 aliphatic carbocycles. The summed E-state index contributed by atoms with van der Waals surface area (Å²) in [5.41, 5.74) is 2.14. The molecule has 0 aromatic heterocycles. The second kappa shape index (κ2) is 5.59. The number of benzene rings is 1. The molecule has 1 aliphatic rings. The van der Waals surface area contributed by atoms with Crippen LogP contribution in [0.3, 0.4) is 0 Å². The van der Waals surface area contributed by atoms with E-state index in [1.165, 1.54) is 0 Å². The minimum absolute atomic E-state index is 0.396. The molecule has 2 nitrogen and oxygen atoms in total. The van der Waals surface area contributed by atoms with Crippen LogP contribution in [0.25, 0.3) is 0 Å². The first-order chi connectivity index (χ1) is 8.08. The van der Waals surface area contributed by atoms with Gasteiger partial charge in [-0.1, -0.05) is 11.6 Å². The van der Waals surface area contributed by atoms with Crippen LogP contribution in [-0.2, 0) is 4.74 Å². The summed E-state index contributed by atoms with van der Waals surface area (Å²) < 4.78 is 6.47. The lowest BCUT2D eigenvalue weighted by Crippen LogP contribution is -2.26. The first-order valence-corrected chi connectivity index (χ1v) is 7.05. The zero-order valence-electron chi connectivity index (χ0n) is 10.1. The summed E-state index contributed by atoms with van der Waals surface area (Å²) in [6.45, 7) is 5.93. The first kappa shape index (κ1) is 13.2. The molecule has 94 valence electrons. The zero-order valence-corrected chi connectivity index (χ0v) is 12.4. The second-order valence-corrected chi connectivity index (χ2v) is 5.90. The van der Waals surface area contributed by atoms with Crippen LogP contribution >= 0.6 is 27.5 Å². The summed E-state index contributed by atoms with van der Waals surface area (Å²) in [5.74, 6) is 0.585. The number of aryl methyl sites for hydroxylation is 1. The summed E-state index contributed by atoms with van der Waals surface area (Å²) >= 11 is 9.71. The van der Waals surface area contributed by atoms with Gasteiger partial charge in [0.15, 0.2) is 0 Å². The Labute approximate surface area is 116 Å². The third-order valence-electron chi connectivity index (χ3n) is 3.30. The van der Waals surface area contributed by atoms with Gasteiger partial charge in [-0.3, -0.25) is 0 Å². The first-order valence-electron chi connectivity index (χ1n) is 5.88. The lowest BCUT2D eigenvalue weighted by atomic mass is 10.0. The van der Waals surface area contributed by atoms with Crippen molar-refractivity contribution in [2.24, 2.45) is 5.92 Å². The highest BCUT2D eigenvalue weighted by molar-refractivity contribution is 9.10. The minimum atomic E-state index is 0.396. The van der Waals surface area contributed by atoms with Gasteiger partial charge < -0.3 is 10.1 Å². The van der Waals surface area contributed by atoms with Crippen LogP contribution in [0.5, 0.6) is 0 Å². The average Bonchev–Trinajstić information content (AvgIpc) is 2.79. The average molecular weight is 319 g/mol.